The molecule has 0 radical (unpaired) electrons. The topological polar surface area (TPSA) is 74.3 Å². The number of carbonyl (C=O) groups excluding carboxylic acids is 2. The predicted octanol–water partition coefficient (Wildman–Crippen LogP) is 2.18. The van der Waals surface area contributed by atoms with Gasteiger partial charge in [-0.25, -0.2) is 0 Å². The number of hydrogen-bond donors (Lipinski definition) is 2. The van der Waals surface area contributed by atoms with Crippen molar-refractivity contribution in [2.24, 2.45) is 0 Å². The summed E-state index contributed by atoms with van der Waals surface area (Å²) in [7, 11) is 0. The van der Waals surface area contributed by atoms with Crippen LogP contribution in [0.25, 0.3) is 0 Å². The second-order valence-electron chi connectivity index (χ2n) is 5.21. The molecule has 1 aromatic heterocycles. The summed E-state index contributed by atoms with van der Waals surface area (Å²) in [6.45, 7) is 6.30. The fourth-order valence-electron chi connectivity index (χ4n) is 2.30. The molecule has 1 aromatic carbocycles. The first kappa shape index (κ1) is 17.5. The van der Waals surface area contributed by atoms with E-state index >= 15 is 0 Å². The quantitative estimate of drug-likeness (QED) is 0.798. The Labute approximate surface area is 141 Å². The molecule has 2 amide bonds. The Kier molecular flexibility index (Phi) is 6.31. The van der Waals surface area contributed by atoms with Crippen molar-refractivity contribution in [2.45, 2.75) is 20.4 Å². The number of aromatic nitrogens is 1. The van der Waals surface area contributed by atoms with E-state index < -0.39 is 11.8 Å². The molecule has 24 heavy (non-hydrogen) atoms. The van der Waals surface area contributed by atoms with Crippen molar-refractivity contribution in [1.29, 1.82) is 0 Å². The third-order valence-electron chi connectivity index (χ3n) is 3.66. The van der Waals surface area contributed by atoms with Crippen LogP contribution in [0, 0.1) is 0 Å². The highest BCUT2D eigenvalue weighted by molar-refractivity contribution is 6.39. The summed E-state index contributed by atoms with van der Waals surface area (Å²) in [6.07, 6.45) is 3.28. The van der Waals surface area contributed by atoms with Crippen LogP contribution in [0.4, 0.5) is 11.4 Å². The summed E-state index contributed by atoms with van der Waals surface area (Å²) < 4.78 is 0. The number of nitrogens with one attached hydrogen (secondary N) is 2. The molecule has 0 bridgehead atoms. The van der Waals surface area contributed by atoms with Crippen LogP contribution in [-0.2, 0) is 16.1 Å². The lowest BCUT2D eigenvalue weighted by atomic mass is 10.2. The second kappa shape index (κ2) is 8.67. The Hall–Kier alpha value is -2.89. The fraction of sp³-hybridized carbons (Fsp3) is 0.278. The Bertz CT molecular complexity index is 667. The zero-order valence-electron chi connectivity index (χ0n) is 14.0. The summed E-state index contributed by atoms with van der Waals surface area (Å²) in [4.78, 5) is 29.9. The molecule has 0 saturated carbocycles. The Morgan fingerprint density at radius 3 is 2.17 bits per heavy atom. The van der Waals surface area contributed by atoms with Gasteiger partial charge in [-0.1, -0.05) is 0 Å². The van der Waals surface area contributed by atoms with Crippen LogP contribution in [0.15, 0.2) is 48.8 Å². The number of anilines is 2. The molecule has 0 fully saturated rings. The molecule has 0 aliphatic rings. The third kappa shape index (κ3) is 4.81. The van der Waals surface area contributed by atoms with Gasteiger partial charge in [0.15, 0.2) is 0 Å². The molecule has 1 heterocycles. The first-order chi connectivity index (χ1) is 11.6. The van der Waals surface area contributed by atoms with Gasteiger partial charge >= 0.3 is 11.8 Å². The van der Waals surface area contributed by atoms with Crippen LogP contribution in [0.5, 0.6) is 0 Å². The Morgan fingerprint density at radius 1 is 0.958 bits per heavy atom. The average molecular weight is 326 g/mol. The number of carbonyl (C=O) groups is 2. The summed E-state index contributed by atoms with van der Waals surface area (Å²) in [5.74, 6) is -1.35. The van der Waals surface area contributed by atoms with Crippen molar-refractivity contribution in [3.05, 3.63) is 54.4 Å². The first-order valence-corrected chi connectivity index (χ1v) is 7.97. The van der Waals surface area contributed by atoms with Gasteiger partial charge in [0.05, 0.1) is 0 Å². The van der Waals surface area contributed by atoms with Crippen molar-refractivity contribution in [3.63, 3.8) is 0 Å². The van der Waals surface area contributed by atoms with Gasteiger partial charge in [0.25, 0.3) is 0 Å². The minimum atomic E-state index is -0.681. The molecule has 0 spiro atoms. The molecule has 6 nitrogen and oxygen atoms in total. The van der Waals surface area contributed by atoms with E-state index in [0.717, 1.165) is 24.3 Å². The fourth-order valence-corrected chi connectivity index (χ4v) is 2.30. The maximum absolute atomic E-state index is 11.9. The van der Waals surface area contributed by atoms with Crippen molar-refractivity contribution in [1.82, 2.24) is 10.3 Å². The second-order valence-corrected chi connectivity index (χ2v) is 5.21. The molecule has 0 unspecified atom stereocenters. The van der Waals surface area contributed by atoms with Crippen molar-refractivity contribution in [2.75, 3.05) is 23.3 Å². The van der Waals surface area contributed by atoms with E-state index in [4.69, 9.17) is 0 Å². The van der Waals surface area contributed by atoms with Crippen LogP contribution in [0.2, 0.25) is 0 Å². The molecule has 126 valence electrons. The van der Waals surface area contributed by atoms with E-state index in [9.17, 15) is 9.59 Å². The van der Waals surface area contributed by atoms with Crippen LogP contribution in [0.3, 0.4) is 0 Å². The number of pyridine rings is 1. The number of nitrogens with zero attached hydrogens (tertiary/aromatic N) is 2. The minimum absolute atomic E-state index is 0.287. The molecular formula is C18H22N4O2. The van der Waals surface area contributed by atoms with Crippen molar-refractivity contribution < 1.29 is 9.59 Å². The molecule has 2 aromatic rings. The highest BCUT2D eigenvalue weighted by Gasteiger charge is 2.13. The minimum Gasteiger partial charge on any atom is -0.372 e. The van der Waals surface area contributed by atoms with Crippen LogP contribution in [-0.4, -0.2) is 29.9 Å². The third-order valence-corrected chi connectivity index (χ3v) is 3.66. The highest BCUT2D eigenvalue weighted by atomic mass is 16.2. The van der Waals surface area contributed by atoms with Crippen LogP contribution in [0.1, 0.15) is 19.4 Å². The SMILES string of the molecule is CCN(CC)c1ccc(NC(=O)C(=O)NCc2ccncc2)cc1. The first-order valence-electron chi connectivity index (χ1n) is 7.97. The van der Waals surface area contributed by atoms with Gasteiger partial charge in [0, 0.05) is 43.4 Å². The average Bonchev–Trinajstić information content (AvgIpc) is 2.63. The number of rotatable bonds is 6. The molecular weight excluding hydrogens is 304 g/mol. The number of benzene rings is 1. The zero-order chi connectivity index (χ0) is 17.4. The van der Waals surface area contributed by atoms with Gasteiger partial charge in [0.2, 0.25) is 0 Å². The van der Waals surface area contributed by atoms with Gasteiger partial charge < -0.3 is 15.5 Å². The summed E-state index contributed by atoms with van der Waals surface area (Å²) in [5, 5.41) is 5.18. The maximum Gasteiger partial charge on any atom is 0.313 e. The van der Waals surface area contributed by atoms with E-state index in [2.05, 4.69) is 34.4 Å². The zero-order valence-corrected chi connectivity index (χ0v) is 14.0. The van der Waals surface area contributed by atoms with E-state index in [0.29, 0.717) is 5.69 Å². The van der Waals surface area contributed by atoms with Gasteiger partial charge in [-0.05, 0) is 55.8 Å². The summed E-state index contributed by atoms with van der Waals surface area (Å²) in [5.41, 5.74) is 2.56. The Balaban J connectivity index is 1.88. The lowest BCUT2D eigenvalue weighted by Gasteiger charge is -2.21. The molecule has 2 N–H and O–H groups in total. The molecule has 6 heteroatoms. The smallest absolute Gasteiger partial charge is 0.313 e. The van der Waals surface area contributed by atoms with Crippen LogP contribution < -0.4 is 15.5 Å². The molecule has 0 atom stereocenters. The largest absolute Gasteiger partial charge is 0.372 e. The van der Waals surface area contributed by atoms with E-state index in [1.165, 1.54) is 0 Å². The maximum atomic E-state index is 11.9. The van der Waals surface area contributed by atoms with E-state index in [1.54, 1.807) is 36.7 Å². The molecule has 0 saturated heterocycles. The lowest BCUT2D eigenvalue weighted by Crippen LogP contribution is -2.34. The van der Waals surface area contributed by atoms with Crippen molar-refractivity contribution >= 4 is 23.2 Å². The van der Waals surface area contributed by atoms with Crippen molar-refractivity contribution in [3.8, 4) is 0 Å². The monoisotopic (exact) mass is 326 g/mol. The van der Waals surface area contributed by atoms with Crippen LogP contribution >= 0.6 is 0 Å². The predicted molar refractivity (Wildman–Crippen MR) is 94.7 cm³/mol. The summed E-state index contributed by atoms with van der Waals surface area (Å²) >= 11 is 0. The van der Waals surface area contributed by atoms with Gasteiger partial charge in [0.1, 0.15) is 0 Å². The standard InChI is InChI=1S/C18H22N4O2/c1-3-22(4-2)16-7-5-15(6-8-16)21-18(24)17(23)20-13-14-9-11-19-12-10-14/h5-12H,3-4,13H2,1-2H3,(H,20,23)(H,21,24). The Morgan fingerprint density at radius 2 is 1.58 bits per heavy atom. The lowest BCUT2D eigenvalue weighted by molar-refractivity contribution is -0.136. The molecule has 0 aliphatic heterocycles. The van der Waals surface area contributed by atoms with E-state index in [1.807, 2.05) is 12.1 Å². The van der Waals surface area contributed by atoms with Gasteiger partial charge in [-0.3, -0.25) is 14.6 Å². The number of hydrogen-bond acceptors (Lipinski definition) is 4. The number of amides is 2. The molecule has 0 aliphatic carbocycles. The summed E-state index contributed by atoms with van der Waals surface area (Å²) in [6, 6.07) is 11.0. The van der Waals surface area contributed by atoms with Gasteiger partial charge in [-0.2, -0.15) is 0 Å². The normalized spacial score (nSPS) is 10.1. The van der Waals surface area contributed by atoms with Gasteiger partial charge in [-0.15, -0.1) is 0 Å². The van der Waals surface area contributed by atoms with E-state index in [-0.39, 0.29) is 6.54 Å². The molecule has 2 rings (SSSR count). The highest BCUT2D eigenvalue weighted by Crippen LogP contribution is 2.17.